The van der Waals surface area contributed by atoms with Gasteiger partial charge in [0.1, 0.15) is 0 Å². The van der Waals surface area contributed by atoms with Crippen LogP contribution in [0.4, 0.5) is 0 Å². The Bertz CT molecular complexity index is 156. The summed E-state index contributed by atoms with van der Waals surface area (Å²) in [5.41, 5.74) is 0. The highest BCUT2D eigenvalue weighted by Crippen LogP contribution is 2.32. The molecule has 2 heteroatoms. The quantitative estimate of drug-likeness (QED) is 0.675. The van der Waals surface area contributed by atoms with Crippen molar-refractivity contribution in [3.8, 4) is 0 Å². The van der Waals surface area contributed by atoms with Crippen molar-refractivity contribution in [2.24, 2.45) is 0 Å². The van der Waals surface area contributed by atoms with Gasteiger partial charge in [0.25, 0.3) is 0 Å². The summed E-state index contributed by atoms with van der Waals surface area (Å²) < 4.78 is 0. The summed E-state index contributed by atoms with van der Waals surface area (Å²) >= 11 is 0. The Morgan fingerprint density at radius 1 is 1.08 bits per heavy atom. The fraction of sp³-hybridized carbons (Fsp3) is 1.00. The van der Waals surface area contributed by atoms with Crippen molar-refractivity contribution in [2.75, 3.05) is 7.05 Å². The molecule has 12 heavy (non-hydrogen) atoms. The summed E-state index contributed by atoms with van der Waals surface area (Å²) in [5, 5.41) is 9.77. The van der Waals surface area contributed by atoms with E-state index >= 15 is 0 Å². The molecular weight excluding hydrogens is 150 g/mol. The average molecular weight is 169 g/mol. The van der Waals surface area contributed by atoms with Crippen LogP contribution in [-0.2, 0) is 0 Å². The van der Waals surface area contributed by atoms with Crippen LogP contribution in [0.5, 0.6) is 0 Å². The summed E-state index contributed by atoms with van der Waals surface area (Å²) in [7, 11) is 2.18. The number of rotatable bonds is 2. The summed E-state index contributed by atoms with van der Waals surface area (Å²) in [6.45, 7) is 0. The number of likely N-dealkylation sites (N-methyl/N-ethyl adjacent to an activating group) is 1. The lowest BCUT2D eigenvalue weighted by atomic mass is 9.91. The van der Waals surface area contributed by atoms with Crippen molar-refractivity contribution in [1.29, 1.82) is 0 Å². The van der Waals surface area contributed by atoms with Crippen LogP contribution in [0.25, 0.3) is 0 Å². The number of aliphatic hydroxyl groups excluding tert-OH is 1. The van der Waals surface area contributed by atoms with Gasteiger partial charge in [-0.3, -0.25) is 4.90 Å². The van der Waals surface area contributed by atoms with E-state index in [9.17, 15) is 5.11 Å². The second kappa shape index (κ2) is 3.35. The van der Waals surface area contributed by atoms with Gasteiger partial charge in [-0.2, -0.15) is 0 Å². The lowest BCUT2D eigenvalue weighted by molar-refractivity contribution is 0.0286. The summed E-state index contributed by atoms with van der Waals surface area (Å²) in [6, 6.07) is 1.26. The highest BCUT2D eigenvalue weighted by molar-refractivity contribution is 4.90. The Kier molecular flexibility index (Phi) is 2.37. The van der Waals surface area contributed by atoms with Gasteiger partial charge in [0.15, 0.2) is 0 Å². The highest BCUT2D eigenvalue weighted by Gasteiger charge is 2.35. The SMILES string of the molecule is CN(C1CC1)[C@H]1CCCC[C@@H]1O. The third-order valence-electron chi connectivity index (χ3n) is 3.34. The van der Waals surface area contributed by atoms with Crippen LogP contribution in [-0.4, -0.2) is 35.2 Å². The van der Waals surface area contributed by atoms with Gasteiger partial charge in [0.05, 0.1) is 6.10 Å². The number of hydrogen-bond acceptors (Lipinski definition) is 2. The van der Waals surface area contributed by atoms with Gasteiger partial charge >= 0.3 is 0 Å². The van der Waals surface area contributed by atoms with E-state index in [0.717, 1.165) is 12.5 Å². The fourth-order valence-electron chi connectivity index (χ4n) is 2.32. The molecular formula is C10H19NO. The fourth-order valence-corrected chi connectivity index (χ4v) is 2.32. The molecule has 0 bridgehead atoms. The van der Waals surface area contributed by atoms with E-state index in [2.05, 4.69) is 11.9 Å². The maximum absolute atomic E-state index is 9.77. The topological polar surface area (TPSA) is 23.5 Å². The summed E-state index contributed by atoms with van der Waals surface area (Å²) in [4.78, 5) is 2.41. The minimum absolute atomic E-state index is 0.0515. The molecule has 0 saturated heterocycles. The van der Waals surface area contributed by atoms with Crippen molar-refractivity contribution in [2.45, 2.75) is 56.7 Å². The standard InChI is InChI=1S/C10H19NO/c1-11(8-6-7-8)9-4-2-3-5-10(9)12/h8-10,12H,2-7H2,1H3/t9-,10-/m0/s1. The monoisotopic (exact) mass is 169 g/mol. The molecule has 2 aliphatic rings. The Labute approximate surface area is 74.6 Å². The molecule has 2 aliphatic carbocycles. The van der Waals surface area contributed by atoms with Gasteiger partial charge in [0.2, 0.25) is 0 Å². The van der Waals surface area contributed by atoms with Crippen molar-refractivity contribution in [3.05, 3.63) is 0 Å². The Balaban J connectivity index is 1.90. The zero-order valence-electron chi connectivity index (χ0n) is 7.87. The van der Waals surface area contributed by atoms with Gasteiger partial charge in [0, 0.05) is 12.1 Å². The van der Waals surface area contributed by atoms with E-state index < -0.39 is 0 Å². The third-order valence-corrected chi connectivity index (χ3v) is 3.34. The van der Waals surface area contributed by atoms with E-state index in [1.165, 1.54) is 32.1 Å². The first kappa shape index (κ1) is 8.52. The van der Waals surface area contributed by atoms with Crippen LogP contribution in [0.15, 0.2) is 0 Å². The Morgan fingerprint density at radius 3 is 2.33 bits per heavy atom. The highest BCUT2D eigenvalue weighted by atomic mass is 16.3. The summed E-state index contributed by atoms with van der Waals surface area (Å²) in [5.74, 6) is 0. The second-order valence-corrected chi connectivity index (χ2v) is 4.32. The molecule has 0 aromatic carbocycles. The molecule has 0 aliphatic heterocycles. The van der Waals surface area contributed by atoms with Crippen LogP contribution in [0.1, 0.15) is 38.5 Å². The van der Waals surface area contributed by atoms with E-state index in [1.54, 1.807) is 0 Å². The van der Waals surface area contributed by atoms with E-state index in [-0.39, 0.29) is 6.10 Å². The minimum Gasteiger partial charge on any atom is -0.391 e. The maximum Gasteiger partial charge on any atom is 0.0695 e. The van der Waals surface area contributed by atoms with Crippen LogP contribution in [0.2, 0.25) is 0 Å². The molecule has 0 heterocycles. The number of nitrogens with zero attached hydrogens (tertiary/aromatic N) is 1. The molecule has 2 fully saturated rings. The molecule has 0 radical (unpaired) electrons. The molecule has 1 N–H and O–H groups in total. The van der Waals surface area contributed by atoms with Crippen LogP contribution >= 0.6 is 0 Å². The molecule has 0 aromatic heterocycles. The molecule has 0 spiro atoms. The van der Waals surface area contributed by atoms with Crippen molar-refractivity contribution in [1.82, 2.24) is 4.90 Å². The van der Waals surface area contributed by atoms with E-state index in [1.807, 2.05) is 0 Å². The van der Waals surface area contributed by atoms with E-state index in [0.29, 0.717) is 6.04 Å². The molecule has 2 rings (SSSR count). The second-order valence-electron chi connectivity index (χ2n) is 4.32. The molecule has 2 atom stereocenters. The average Bonchev–Trinajstić information content (AvgIpc) is 2.86. The van der Waals surface area contributed by atoms with Crippen molar-refractivity contribution >= 4 is 0 Å². The number of aliphatic hydroxyl groups is 1. The first-order chi connectivity index (χ1) is 5.79. The van der Waals surface area contributed by atoms with Gasteiger partial charge in [-0.25, -0.2) is 0 Å². The molecule has 70 valence electrons. The predicted molar refractivity (Wildman–Crippen MR) is 49.0 cm³/mol. The molecule has 2 saturated carbocycles. The van der Waals surface area contributed by atoms with Crippen LogP contribution in [0, 0.1) is 0 Å². The predicted octanol–water partition coefficient (Wildman–Crippen LogP) is 1.38. The van der Waals surface area contributed by atoms with Gasteiger partial charge in [-0.05, 0) is 32.7 Å². The Hall–Kier alpha value is -0.0800. The lowest BCUT2D eigenvalue weighted by Crippen LogP contribution is -2.44. The van der Waals surface area contributed by atoms with Gasteiger partial charge in [-0.15, -0.1) is 0 Å². The maximum atomic E-state index is 9.77. The first-order valence-electron chi connectivity index (χ1n) is 5.19. The van der Waals surface area contributed by atoms with Crippen LogP contribution in [0.3, 0.4) is 0 Å². The number of hydrogen-bond donors (Lipinski definition) is 1. The minimum atomic E-state index is -0.0515. The normalized spacial score (nSPS) is 37.2. The molecule has 0 amide bonds. The summed E-state index contributed by atoms with van der Waals surface area (Å²) in [6.07, 6.45) is 7.38. The molecule has 2 nitrogen and oxygen atoms in total. The van der Waals surface area contributed by atoms with Gasteiger partial charge < -0.3 is 5.11 Å². The smallest absolute Gasteiger partial charge is 0.0695 e. The van der Waals surface area contributed by atoms with Gasteiger partial charge in [-0.1, -0.05) is 12.8 Å². The third kappa shape index (κ3) is 1.64. The Morgan fingerprint density at radius 2 is 1.75 bits per heavy atom. The zero-order chi connectivity index (χ0) is 8.55. The largest absolute Gasteiger partial charge is 0.391 e. The lowest BCUT2D eigenvalue weighted by Gasteiger charge is -2.35. The zero-order valence-corrected chi connectivity index (χ0v) is 7.87. The molecule has 0 aromatic rings. The van der Waals surface area contributed by atoms with Crippen molar-refractivity contribution in [3.63, 3.8) is 0 Å². The molecule has 0 unspecified atom stereocenters. The van der Waals surface area contributed by atoms with Crippen molar-refractivity contribution < 1.29 is 5.11 Å². The first-order valence-corrected chi connectivity index (χ1v) is 5.19. The van der Waals surface area contributed by atoms with E-state index in [4.69, 9.17) is 0 Å². The van der Waals surface area contributed by atoms with Crippen LogP contribution < -0.4 is 0 Å².